The van der Waals surface area contributed by atoms with Crippen LogP contribution < -0.4 is 5.32 Å². The predicted molar refractivity (Wildman–Crippen MR) is 88.0 cm³/mol. The lowest BCUT2D eigenvalue weighted by molar-refractivity contribution is 1.24. The van der Waals surface area contributed by atoms with Crippen LogP contribution in [-0.4, -0.2) is 4.98 Å². The highest BCUT2D eigenvalue weighted by molar-refractivity contribution is 14.1. The summed E-state index contributed by atoms with van der Waals surface area (Å²) in [6, 6.07) is 8.27. The molecule has 2 aromatic rings. The lowest BCUT2D eigenvalue weighted by Crippen LogP contribution is -1.92. The Hall–Kier alpha value is -1.39. The minimum Gasteiger partial charge on any atom is -0.360 e. The largest absolute Gasteiger partial charge is 0.360 e. The minimum atomic E-state index is 0.550. The first kappa shape index (κ1) is 14.0. The lowest BCUT2D eigenvalue weighted by Gasteiger charge is -2.04. The molecular weight excluding hydrogens is 369 g/mol. The van der Waals surface area contributed by atoms with Crippen LogP contribution in [0.1, 0.15) is 16.3 Å². The number of halogens is 1. The molecule has 0 saturated carbocycles. The van der Waals surface area contributed by atoms with E-state index in [1.807, 2.05) is 18.4 Å². The molecule has 0 aliphatic carbocycles. The summed E-state index contributed by atoms with van der Waals surface area (Å²) in [5, 5.41) is 15.0. The Balaban J connectivity index is 2.20. The van der Waals surface area contributed by atoms with Gasteiger partial charge in [-0.25, -0.2) is 4.98 Å². The summed E-state index contributed by atoms with van der Waals surface area (Å²) >= 11 is 3.77. The number of allylic oxidation sites excluding steroid dienone is 1. The van der Waals surface area contributed by atoms with Crippen LogP contribution in [0.3, 0.4) is 0 Å². The number of nitriles is 1. The van der Waals surface area contributed by atoms with Crippen molar-refractivity contribution in [1.29, 1.82) is 5.26 Å². The number of benzene rings is 1. The number of aryl methyl sites for hydroxylation is 2. The van der Waals surface area contributed by atoms with E-state index in [0.29, 0.717) is 5.57 Å². The summed E-state index contributed by atoms with van der Waals surface area (Å²) in [4.78, 5) is 4.31. The van der Waals surface area contributed by atoms with Crippen LogP contribution >= 0.6 is 33.9 Å². The number of nitrogens with one attached hydrogen (secondary N) is 1. The zero-order valence-electron chi connectivity index (χ0n) is 10.6. The first-order valence-electron chi connectivity index (χ1n) is 5.65. The third-order valence-corrected chi connectivity index (χ3v) is 4.68. The Morgan fingerprint density at radius 3 is 2.84 bits per heavy atom. The third kappa shape index (κ3) is 3.55. The summed E-state index contributed by atoms with van der Waals surface area (Å²) in [5.41, 5.74) is 3.70. The minimum absolute atomic E-state index is 0.550. The predicted octanol–water partition coefficient (Wildman–Crippen LogP) is 4.34. The highest BCUT2D eigenvalue weighted by atomic mass is 127. The van der Waals surface area contributed by atoms with Crippen LogP contribution in [0.5, 0.6) is 0 Å². The third-order valence-electron chi connectivity index (χ3n) is 2.52. The molecule has 3 nitrogen and oxygen atoms in total. The van der Waals surface area contributed by atoms with Crippen LogP contribution in [0, 0.1) is 28.7 Å². The topological polar surface area (TPSA) is 48.7 Å². The molecule has 19 heavy (non-hydrogen) atoms. The van der Waals surface area contributed by atoms with Crippen molar-refractivity contribution in [2.75, 3.05) is 5.32 Å². The second-order valence-electron chi connectivity index (χ2n) is 4.07. The molecule has 0 bridgehead atoms. The lowest BCUT2D eigenvalue weighted by atomic mass is 10.2. The van der Waals surface area contributed by atoms with Gasteiger partial charge >= 0.3 is 0 Å². The molecule has 0 saturated heterocycles. The first-order valence-corrected chi connectivity index (χ1v) is 7.61. The molecule has 0 atom stereocenters. The van der Waals surface area contributed by atoms with E-state index in [1.165, 1.54) is 20.5 Å². The standard InChI is InChI=1S/C14H12IN3S/c1-9-3-4-12(5-13(9)15)17-7-11(6-16)14-18-10(2)8-19-14/h3-5,7-8,17H,1-2H3/b11-7+. The van der Waals surface area contributed by atoms with E-state index in [4.69, 9.17) is 0 Å². The molecule has 1 N–H and O–H groups in total. The molecule has 0 radical (unpaired) electrons. The number of rotatable bonds is 3. The van der Waals surface area contributed by atoms with E-state index < -0.39 is 0 Å². The van der Waals surface area contributed by atoms with E-state index in [2.05, 4.69) is 58.0 Å². The maximum atomic E-state index is 9.17. The number of anilines is 1. The van der Waals surface area contributed by atoms with Crippen molar-refractivity contribution in [3.63, 3.8) is 0 Å². The molecule has 1 aromatic heterocycles. The molecule has 0 unspecified atom stereocenters. The number of aromatic nitrogens is 1. The quantitative estimate of drug-likeness (QED) is 0.636. The van der Waals surface area contributed by atoms with Crippen molar-refractivity contribution in [3.05, 3.63) is 49.6 Å². The van der Waals surface area contributed by atoms with Crippen LogP contribution in [0.15, 0.2) is 29.8 Å². The summed E-state index contributed by atoms with van der Waals surface area (Å²) < 4.78 is 1.19. The Kier molecular flexibility index (Phi) is 4.56. The van der Waals surface area contributed by atoms with Crippen molar-refractivity contribution >= 4 is 45.2 Å². The van der Waals surface area contributed by atoms with E-state index in [1.54, 1.807) is 6.20 Å². The van der Waals surface area contributed by atoms with E-state index in [-0.39, 0.29) is 0 Å². The van der Waals surface area contributed by atoms with Gasteiger partial charge in [-0.1, -0.05) is 6.07 Å². The van der Waals surface area contributed by atoms with Crippen LogP contribution in [0.4, 0.5) is 5.69 Å². The van der Waals surface area contributed by atoms with Crippen molar-refractivity contribution in [2.24, 2.45) is 0 Å². The van der Waals surface area contributed by atoms with Gasteiger partial charge in [0.05, 0.1) is 0 Å². The maximum absolute atomic E-state index is 9.17. The van der Waals surface area contributed by atoms with Crippen LogP contribution in [-0.2, 0) is 0 Å². The average Bonchev–Trinajstić information content (AvgIpc) is 2.81. The fourth-order valence-corrected chi connectivity index (χ4v) is 2.74. The van der Waals surface area contributed by atoms with Gasteiger partial charge in [0.1, 0.15) is 16.6 Å². The van der Waals surface area contributed by atoms with Gasteiger partial charge in [-0.3, -0.25) is 0 Å². The fraction of sp³-hybridized carbons (Fsp3) is 0.143. The highest BCUT2D eigenvalue weighted by Gasteiger charge is 2.05. The van der Waals surface area contributed by atoms with Gasteiger partial charge in [-0.2, -0.15) is 5.26 Å². The molecule has 5 heteroatoms. The normalized spacial score (nSPS) is 11.2. The van der Waals surface area contributed by atoms with Gasteiger partial charge in [0, 0.05) is 26.5 Å². The Labute approximate surface area is 130 Å². The Morgan fingerprint density at radius 2 is 2.26 bits per heavy atom. The van der Waals surface area contributed by atoms with Gasteiger partial charge in [-0.15, -0.1) is 11.3 Å². The fourth-order valence-electron chi connectivity index (χ4n) is 1.46. The van der Waals surface area contributed by atoms with Crippen molar-refractivity contribution in [2.45, 2.75) is 13.8 Å². The molecule has 0 amide bonds. The van der Waals surface area contributed by atoms with Crippen LogP contribution in [0.2, 0.25) is 0 Å². The monoisotopic (exact) mass is 381 g/mol. The second kappa shape index (κ2) is 6.17. The van der Waals surface area contributed by atoms with E-state index >= 15 is 0 Å². The second-order valence-corrected chi connectivity index (χ2v) is 6.09. The molecule has 2 rings (SSSR count). The van der Waals surface area contributed by atoms with Gasteiger partial charge in [0.25, 0.3) is 0 Å². The summed E-state index contributed by atoms with van der Waals surface area (Å²) in [5.74, 6) is 0. The molecule has 0 fully saturated rings. The van der Waals surface area contributed by atoms with Gasteiger partial charge in [-0.05, 0) is 54.1 Å². The number of hydrogen-bond donors (Lipinski definition) is 1. The first-order chi connectivity index (χ1) is 9.10. The van der Waals surface area contributed by atoms with E-state index in [0.717, 1.165) is 16.4 Å². The number of thiazole rings is 1. The summed E-state index contributed by atoms with van der Waals surface area (Å²) in [6.07, 6.45) is 1.71. The molecule has 1 aromatic carbocycles. The average molecular weight is 381 g/mol. The molecule has 1 heterocycles. The molecule has 0 aliphatic rings. The zero-order chi connectivity index (χ0) is 13.8. The van der Waals surface area contributed by atoms with E-state index in [9.17, 15) is 5.26 Å². The molecule has 96 valence electrons. The summed E-state index contributed by atoms with van der Waals surface area (Å²) in [7, 11) is 0. The Bertz CT molecular complexity index is 668. The number of hydrogen-bond acceptors (Lipinski definition) is 4. The Morgan fingerprint density at radius 1 is 1.47 bits per heavy atom. The van der Waals surface area contributed by atoms with Crippen molar-refractivity contribution in [1.82, 2.24) is 4.98 Å². The smallest absolute Gasteiger partial charge is 0.135 e. The molecular formula is C14H12IN3S. The summed E-state index contributed by atoms with van der Waals surface area (Å²) in [6.45, 7) is 3.99. The SMILES string of the molecule is Cc1csc(/C(C#N)=C/Nc2ccc(C)c(I)c2)n1. The van der Waals surface area contributed by atoms with Gasteiger partial charge < -0.3 is 5.32 Å². The van der Waals surface area contributed by atoms with Gasteiger partial charge in [0.15, 0.2) is 0 Å². The molecule has 0 spiro atoms. The maximum Gasteiger partial charge on any atom is 0.135 e. The zero-order valence-corrected chi connectivity index (χ0v) is 13.5. The van der Waals surface area contributed by atoms with Crippen LogP contribution in [0.25, 0.3) is 5.57 Å². The highest BCUT2D eigenvalue weighted by Crippen LogP contribution is 2.20. The van der Waals surface area contributed by atoms with Crippen molar-refractivity contribution in [3.8, 4) is 6.07 Å². The number of nitrogens with zero attached hydrogens (tertiary/aromatic N) is 2. The molecule has 0 aliphatic heterocycles. The van der Waals surface area contributed by atoms with Crippen molar-refractivity contribution < 1.29 is 0 Å². The van der Waals surface area contributed by atoms with Gasteiger partial charge in [0.2, 0.25) is 0 Å².